The minimum Gasteiger partial charge on any atom is -0.350 e. The van der Waals surface area contributed by atoms with E-state index in [1.807, 2.05) is 12.1 Å². The highest BCUT2D eigenvalue weighted by atomic mass is 19.3. The van der Waals surface area contributed by atoms with Crippen LogP contribution < -0.4 is 15.5 Å². The van der Waals surface area contributed by atoms with Crippen LogP contribution in [0.1, 0.15) is 84.0 Å². The third-order valence-corrected chi connectivity index (χ3v) is 11.9. The number of alkyl halides is 2. The summed E-state index contributed by atoms with van der Waals surface area (Å²) >= 11 is 0. The van der Waals surface area contributed by atoms with Crippen molar-refractivity contribution in [3.63, 3.8) is 0 Å². The number of hydrogen-bond donors (Lipinski definition) is 3. The van der Waals surface area contributed by atoms with Gasteiger partial charge in [-0.3, -0.25) is 29.8 Å². The van der Waals surface area contributed by atoms with E-state index in [9.17, 15) is 23.2 Å². The van der Waals surface area contributed by atoms with Crippen LogP contribution in [0.3, 0.4) is 0 Å². The number of imide groups is 1. The number of nitrogens with zero attached hydrogens (tertiary/aromatic N) is 7. The van der Waals surface area contributed by atoms with Crippen molar-refractivity contribution in [2.24, 2.45) is 5.41 Å². The molecule has 2 saturated carbocycles. The molecule has 14 nitrogen and oxygen atoms in total. The zero-order valence-electron chi connectivity index (χ0n) is 31.5. The topological polar surface area (TPSA) is 175 Å². The monoisotopic (exact) mass is 798 g/mol. The molecule has 4 amide bonds. The Hall–Kier alpha value is -6.04. The smallest absolute Gasteiger partial charge is 0.328 e. The zero-order chi connectivity index (χ0) is 40.6. The first kappa shape index (κ1) is 37.5. The summed E-state index contributed by atoms with van der Waals surface area (Å²) in [4.78, 5) is 52.9. The van der Waals surface area contributed by atoms with Crippen LogP contribution in [0, 0.1) is 24.0 Å². The summed E-state index contributed by atoms with van der Waals surface area (Å²) in [5.41, 5.74) is 2.18. The fourth-order valence-corrected chi connectivity index (χ4v) is 8.58. The van der Waals surface area contributed by atoms with Crippen LogP contribution in [0.25, 0.3) is 22.6 Å². The number of hydrogen-bond acceptors (Lipinski definition) is 10. The maximum absolute atomic E-state index is 15.5. The molecular weight excluding hydrogens is 760 g/mol. The van der Waals surface area contributed by atoms with E-state index in [1.165, 1.54) is 29.3 Å². The van der Waals surface area contributed by atoms with Crippen molar-refractivity contribution < 1.29 is 36.5 Å². The molecule has 0 atom stereocenters. The van der Waals surface area contributed by atoms with Crippen molar-refractivity contribution in [2.75, 3.05) is 24.5 Å². The maximum atomic E-state index is 15.5. The second-order valence-electron chi connectivity index (χ2n) is 16.1. The predicted octanol–water partition coefficient (Wildman–Crippen LogP) is 5.95. The van der Waals surface area contributed by atoms with Gasteiger partial charge in [-0.1, -0.05) is 23.4 Å². The molecule has 9 rings (SSSR count). The van der Waals surface area contributed by atoms with Gasteiger partial charge < -0.3 is 9.84 Å². The molecule has 18 heteroatoms. The highest BCUT2D eigenvalue weighted by Gasteiger charge is 2.63. The zero-order valence-corrected chi connectivity index (χ0v) is 31.5. The minimum absolute atomic E-state index is 0.0255. The van der Waals surface area contributed by atoms with E-state index in [1.54, 1.807) is 19.1 Å². The van der Waals surface area contributed by atoms with Gasteiger partial charge in [-0.05, 0) is 73.3 Å². The van der Waals surface area contributed by atoms with Crippen LogP contribution in [0.15, 0.2) is 53.2 Å². The Morgan fingerprint density at radius 1 is 1.03 bits per heavy atom. The van der Waals surface area contributed by atoms with Gasteiger partial charge in [-0.15, -0.1) is 0 Å². The van der Waals surface area contributed by atoms with Crippen molar-refractivity contribution >= 4 is 23.5 Å². The van der Waals surface area contributed by atoms with Crippen LogP contribution in [0.2, 0.25) is 0 Å². The normalized spacial score (nSPS) is 18.8. The Morgan fingerprint density at radius 2 is 1.83 bits per heavy atom. The number of benzene rings is 2. The molecule has 58 heavy (non-hydrogen) atoms. The molecule has 2 aromatic carbocycles. The Bertz CT molecular complexity index is 2460. The average molecular weight is 799 g/mol. The second-order valence-corrected chi connectivity index (χ2v) is 16.1. The minimum atomic E-state index is -2.96. The van der Waals surface area contributed by atoms with E-state index in [2.05, 4.69) is 45.8 Å². The Morgan fingerprint density at radius 3 is 2.52 bits per heavy atom. The van der Waals surface area contributed by atoms with Crippen LogP contribution in [-0.2, 0) is 23.3 Å². The van der Waals surface area contributed by atoms with Gasteiger partial charge in [0, 0.05) is 68.6 Å². The summed E-state index contributed by atoms with van der Waals surface area (Å²) in [6.07, 6.45) is 4.04. The molecule has 0 bridgehead atoms. The first-order valence-corrected chi connectivity index (χ1v) is 19.0. The standard InChI is InChI=1S/C40H38F4N10O4/c1-21-26(16-45-34(47-21)29-13-31(58-52-29)35(56)46-17-32-48-36(51-50-32)40(8-9-40)38(2,43)44)25-5-3-22(11-27(25)41)18-53-19-39(20-53)14-24(15-39)23-4-6-30(28(42)12-23)54-10-7-33(55)49-37(54)57/h3-6,11-13,16,24H,7-10,14-15,17-20H2,1-2H3,(H,46,56)(H,48,50,51)(H,49,55,57). The number of aromatic amines is 1. The molecule has 3 aromatic heterocycles. The number of aromatic nitrogens is 6. The lowest BCUT2D eigenvalue weighted by molar-refractivity contribution is -0.120. The van der Waals surface area contributed by atoms with Crippen LogP contribution in [0.4, 0.5) is 28.0 Å². The highest BCUT2D eigenvalue weighted by molar-refractivity contribution is 6.05. The van der Waals surface area contributed by atoms with Gasteiger partial charge in [0.1, 0.15) is 17.5 Å². The largest absolute Gasteiger partial charge is 0.350 e. The number of carbonyl (C=O) groups is 3. The number of H-pyrrole nitrogens is 1. The lowest BCUT2D eigenvalue weighted by atomic mass is 9.56. The van der Waals surface area contributed by atoms with Crippen LogP contribution in [-0.4, -0.2) is 78.6 Å². The summed E-state index contributed by atoms with van der Waals surface area (Å²) in [6.45, 7) is 4.92. The molecule has 5 aromatic rings. The number of halogens is 4. The Kier molecular flexibility index (Phi) is 8.94. The average Bonchev–Trinajstić information content (AvgIpc) is 3.59. The predicted molar refractivity (Wildman–Crippen MR) is 198 cm³/mol. The third-order valence-electron chi connectivity index (χ3n) is 11.9. The fraction of sp³-hybridized carbons (Fsp3) is 0.400. The molecule has 0 unspecified atom stereocenters. The molecule has 5 heterocycles. The van der Waals surface area contributed by atoms with E-state index >= 15 is 8.78 Å². The molecule has 2 aliphatic carbocycles. The summed E-state index contributed by atoms with van der Waals surface area (Å²) in [7, 11) is 0. The number of anilines is 1. The van der Waals surface area contributed by atoms with Gasteiger partial charge in [0.25, 0.3) is 11.8 Å². The van der Waals surface area contributed by atoms with Crippen molar-refractivity contribution in [1.29, 1.82) is 0 Å². The van der Waals surface area contributed by atoms with E-state index in [4.69, 9.17) is 4.52 Å². The van der Waals surface area contributed by atoms with Gasteiger partial charge in [0.05, 0.1) is 17.6 Å². The van der Waals surface area contributed by atoms with Crippen LogP contribution in [0.5, 0.6) is 0 Å². The number of nitrogens with one attached hydrogen (secondary N) is 3. The molecular formula is C40H38F4N10O4. The number of carbonyl (C=O) groups excluding carboxylic acids is 3. The lowest BCUT2D eigenvalue weighted by Gasteiger charge is -2.59. The fourth-order valence-electron chi connectivity index (χ4n) is 8.58. The van der Waals surface area contributed by atoms with Gasteiger partial charge in [0.2, 0.25) is 11.7 Å². The van der Waals surface area contributed by atoms with E-state index < -0.39 is 34.9 Å². The molecule has 4 fully saturated rings. The first-order valence-electron chi connectivity index (χ1n) is 19.0. The van der Waals surface area contributed by atoms with E-state index in [0.29, 0.717) is 23.4 Å². The van der Waals surface area contributed by atoms with Crippen molar-refractivity contribution in [2.45, 2.75) is 76.3 Å². The second kappa shape index (κ2) is 13.8. The number of aryl methyl sites for hydroxylation is 1. The first-order chi connectivity index (χ1) is 27.7. The SMILES string of the molecule is Cc1nc(-c2cc(C(=O)NCc3nc(C4(C(C)(F)F)CC4)n[nH]3)on2)ncc1-c1ccc(CN2CC3(CC(c4ccc(N5CCC(=O)NC5=O)c(F)c4)C3)C2)cc1F. The summed E-state index contributed by atoms with van der Waals surface area (Å²) in [5, 5.41) is 15.3. The third kappa shape index (κ3) is 6.77. The number of rotatable bonds is 11. The lowest BCUT2D eigenvalue weighted by Crippen LogP contribution is -2.61. The molecule has 4 aliphatic rings. The summed E-state index contributed by atoms with van der Waals surface area (Å²) in [6, 6.07) is 10.8. The molecule has 2 aliphatic heterocycles. The summed E-state index contributed by atoms with van der Waals surface area (Å²) < 4.78 is 63.9. The van der Waals surface area contributed by atoms with E-state index in [-0.39, 0.29) is 84.2 Å². The van der Waals surface area contributed by atoms with Gasteiger partial charge in [-0.25, -0.2) is 37.3 Å². The van der Waals surface area contributed by atoms with Gasteiger partial charge in [-0.2, -0.15) is 5.10 Å². The van der Waals surface area contributed by atoms with Crippen molar-refractivity contribution in [3.8, 4) is 22.6 Å². The molecule has 1 spiro atoms. The van der Waals surface area contributed by atoms with E-state index in [0.717, 1.165) is 44.0 Å². The Balaban J connectivity index is 0.768. The number of amides is 4. The van der Waals surface area contributed by atoms with Crippen LogP contribution >= 0.6 is 0 Å². The quantitative estimate of drug-likeness (QED) is 0.136. The van der Waals surface area contributed by atoms with Crippen molar-refractivity contribution in [1.82, 2.24) is 45.8 Å². The maximum Gasteiger partial charge on any atom is 0.328 e. The van der Waals surface area contributed by atoms with Crippen molar-refractivity contribution in [3.05, 3.63) is 94.5 Å². The Labute approximate surface area is 328 Å². The molecule has 2 saturated heterocycles. The number of urea groups is 1. The molecule has 300 valence electrons. The van der Waals surface area contributed by atoms with Gasteiger partial charge >= 0.3 is 6.03 Å². The molecule has 3 N–H and O–H groups in total. The van der Waals surface area contributed by atoms with Gasteiger partial charge in [0.15, 0.2) is 17.3 Å². The number of likely N-dealkylation sites (tertiary alicyclic amines) is 1. The molecule has 0 radical (unpaired) electrons. The summed E-state index contributed by atoms with van der Waals surface area (Å²) in [5.74, 6) is -4.33. The highest BCUT2D eigenvalue weighted by Crippen LogP contribution is 2.57.